The monoisotopic (exact) mass is 585 g/mol. The number of nitrogens with zero attached hydrogens (tertiary/aromatic N) is 2. The van der Waals surface area contributed by atoms with E-state index >= 15 is 0 Å². The second kappa shape index (κ2) is 10.3. The molecule has 3 aliphatic rings. The molecule has 44 heavy (non-hydrogen) atoms. The molecule has 0 aliphatic carbocycles. The Bertz CT molecular complexity index is 1630. The van der Waals surface area contributed by atoms with Gasteiger partial charge in [0.2, 0.25) is 0 Å². The standard InChI is InChI=1S/C40H45N2O2/c1-9-40(10-2)24-39(7,8)42(36-28(25(3)4)16-15-17-29(36)26(5)6)38(40)27-22-34-37-35(23-27)44-33-21-14-12-19-31(33)41(37)30-18-11-13-20-32(30)43-34/h11-23,25-26H,9-10,24H2,1-8H3. The first kappa shape index (κ1) is 28.8. The van der Waals surface area contributed by atoms with Gasteiger partial charge in [0.05, 0.1) is 17.4 Å². The Balaban J connectivity index is 1.49. The molecule has 3 aliphatic heterocycles. The summed E-state index contributed by atoms with van der Waals surface area (Å²) in [6, 6.07) is 29.5. The van der Waals surface area contributed by atoms with Crippen LogP contribution in [0.4, 0.5) is 22.7 Å². The van der Waals surface area contributed by atoms with Gasteiger partial charge < -0.3 is 14.4 Å². The second-order valence-corrected chi connectivity index (χ2v) is 14.1. The third kappa shape index (κ3) is 4.17. The molecule has 4 aromatic carbocycles. The lowest BCUT2D eigenvalue weighted by Gasteiger charge is -2.44. The molecule has 1 saturated heterocycles. The number of rotatable bonds is 6. The maximum Gasteiger partial charge on any atom is 0.155 e. The average molecular weight is 586 g/mol. The van der Waals surface area contributed by atoms with E-state index in [4.69, 9.17) is 9.47 Å². The lowest BCUT2D eigenvalue weighted by molar-refractivity contribution is 0.283. The lowest BCUT2D eigenvalue weighted by atomic mass is 9.71. The fourth-order valence-electron chi connectivity index (χ4n) is 8.14. The van der Waals surface area contributed by atoms with Gasteiger partial charge in [0.1, 0.15) is 5.69 Å². The summed E-state index contributed by atoms with van der Waals surface area (Å²) in [4.78, 5) is 5.04. The highest BCUT2D eigenvalue weighted by atomic mass is 16.5. The molecule has 4 nitrogen and oxygen atoms in total. The maximum absolute atomic E-state index is 6.74. The molecular formula is C40H45N2O2. The molecule has 4 aromatic rings. The van der Waals surface area contributed by atoms with Crippen LogP contribution in [0.1, 0.15) is 103 Å². The van der Waals surface area contributed by atoms with E-state index in [1.54, 1.807) is 0 Å². The van der Waals surface area contributed by atoms with E-state index in [0.29, 0.717) is 11.8 Å². The number of para-hydroxylation sites is 5. The number of anilines is 4. The van der Waals surface area contributed by atoms with Crippen molar-refractivity contribution in [2.24, 2.45) is 5.41 Å². The first-order chi connectivity index (χ1) is 21.1. The van der Waals surface area contributed by atoms with Crippen molar-refractivity contribution in [3.8, 4) is 23.0 Å². The predicted octanol–water partition coefficient (Wildman–Crippen LogP) is 12.0. The van der Waals surface area contributed by atoms with E-state index in [2.05, 4.69) is 132 Å². The van der Waals surface area contributed by atoms with Gasteiger partial charge in [0.25, 0.3) is 0 Å². The summed E-state index contributed by atoms with van der Waals surface area (Å²) in [5.41, 5.74) is 8.33. The van der Waals surface area contributed by atoms with Crippen LogP contribution >= 0.6 is 0 Å². The average Bonchev–Trinajstić information content (AvgIpc) is 3.26. The molecule has 0 atom stereocenters. The Morgan fingerprint density at radius 2 is 1.16 bits per heavy atom. The van der Waals surface area contributed by atoms with Gasteiger partial charge in [-0.15, -0.1) is 0 Å². The Hall–Kier alpha value is -3.92. The van der Waals surface area contributed by atoms with Gasteiger partial charge in [-0.2, -0.15) is 0 Å². The van der Waals surface area contributed by atoms with Crippen molar-refractivity contribution < 1.29 is 9.47 Å². The Morgan fingerprint density at radius 3 is 1.64 bits per heavy atom. The van der Waals surface area contributed by atoms with E-state index in [9.17, 15) is 0 Å². The summed E-state index contributed by atoms with van der Waals surface area (Å²) in [6.45, 7) is 18.9. The molecule has 1 radical (unpaired) electrons. The van der Waals surface area contributed by atoms with E-state index in [1.807, 2.05) is 12.1 Å². The SMILES string of the molecule is CCC1(CC)CC(C)(C)N(c2c(C(C)C)cccc2C(C)C)[C]1c1cc2c3c(c1)Oc1ccccc1N3c1ccccc1O2. The molecule has 0 bridgehead atoms. The smallest absolute Gasteiger partial charge is 0.155 e. The van der Waals surface area contributed by atoms with Crippen molar-refractivity contribution in [3.63, 3.8) is 0 Å². The Labute approximate surface area is 263 Å². The molecule has 227 valence electrons. The zero-order valence-corrected chi connectivity index (χ0v) is 27.5. The Kier molecular flexibility index (Phi) is 6.77. The van der Waals surface area contributed by atoms with Crippen molar-refractivity contribution in [1.82, 2.24) is 0 Å². The number of hydrogen-bond acceptors (Lipinski definition) is 4. The molecular weight excluding hydrogens is 540 g/mol. The van der Waals surface area contributed by atoms with Gasteiger partial charge in [-0.1, -0.05) is 84.0 Å². The van der Waals surface area contributed by atoms with E-state index in [-0.39, 0.29) is 11.0 Å². The van der Waals surface area contributed by atoms with Gasteiger partial charge in [-0.3, -0.25) is 4.90 Å². The summed E-state index contributed by atoms with van der Waals surface area (Å²) >= 11 is 0. The summed E-state index contributed by atoms with van der Waals surface area (Å²) in [5, 5.41) is 0. The molecule has 0 unspecified atom stereocenters. The topological polar surface area (TPSA) is 24.9 Å². The van der Waals surface area contributed by atoms with E-state index < -0.39 is 0 Å². The number of ether oxygens (including phenoxy) is 2. The summed E-state index contributed by atoms with van der Waals surface area (Å²) in [7, 11) is 0. The van der Waals surface area contributed by atoms with Gasteiger partial charge in [-0.25, -0.2) is 0 Å². The first-order valence-corrected chi connectivity index (χ1v) is 16.4. The molecule has 0 aromatic heterocycles. The number of hydrogen-bond donors (Lipinski definition) is 0. The highest BCUT2D eigenvalue weighted by Crippen LogP contribution is 2.64. The van der Waals surface area contributed by atoms with Crippen molar-refractivity contribution >= 4 is 22.7 Å². The van der Waals surface area contributed by atoms with Crippen LogP contribution in [0.3, 0.4) is 0 Å². The minimum absolute atomic E-state index is 0.00162. The third-order valence-electron chi connectivity index (χ3n) is 10.2. The van der Waals surface area contributed by atoms with Gasteiger partial charge in [0, 0.05) is 16.6 Å². The minimum Gasteiger partial charge on any atom is -0.453 e. The predicted molar refractivity (Wildman–Crippen MR) is 182 cm³/mol. The fourth-order valence-corrected chi connectivity index (χ4v) is 8.14. The normalized spacial score (nSPS) is 17.7. The lowest BCUT2D eigenvalue weighted by Crippen LogP contribution is -2.42. The fraction of sp³-hybridized carbons (Fsp3) is 0.375. The van der Waals surface area contributed by atoms with Gasteiger partial charge >= 0.3 is 0 Å². The minimum atomic E-state index is -0.0872. The van der Waals surface area contributed by atoms with Crippen LogP contribution in [-0.2, 0) is 0 Å². The molecule has 7 rings (SSSR count). The van der Waals surface area contributed by atoms with Crippen LogP contribution in [-0.4, -0.2) is 5.54 Å². The van der Waals surface area contributed by atoms with Crippen LogP contribution < -0.4 is 19.3 Å². The highest BCUT2D eigenvalue weighted by Gasteiger charge is 2.56. The third-order valence-corrected chi connectivity index (χ3v) is 10.2. The van der Waals surface area contributed by atoms with Crippen molar-refractivity contribution in [1.29, 1.82) is 0 Å². The zero-order chi connectivity index (χ0) is 31.0. The van der Waals surface area contributed by atoms with Crippen molar-refractivity contribution in [2.45, 2.75) is 92.0 Å². The Morgan fingerprint density at radius 1 is 0.659 bits per heavy atom. The molecule has 0 saturated carbocycles. The highest BCUT2D eigenvalue weighted by molar-refractivity contribution is 5.94. The molecule has 4 heteroatoms. The van der Waals surface area contributed by atoms with E-state index in [0.717, 1.165) is 59.3 Å². The quantitative estimate of drug-likeness (QED) is 0.194. The van der Waals surface area contributed by atoms with Gasteiger partial charge in [-0.05, 0) is 98.0 Å². The van der Waals surface area contributed by atoms with Crippen molar-refractivity contribution in [3.05, 3.63) is 102 Å². The molecule has 1 fully saturated rings. The molecule has 0 amide bonds. The summed E-state index contributed by atoms with van der Waals surface area (Å²) in [5.74, 6) is 4.19. The van der Waals surface area contributed by atoms with E-state index in [1.165, 1.54) is 28.4 Å². The number of benzene rings is 4. The molecule has 0 N–H and O–H groups in total. The van der Waals surface area contributed by atoms with Crippen LogP contribution in [0.25, 0.3) is 0 Å². The number of fused-ring (bicyclic) bond motifs is 4. The zero-order valence-electron chi connectivity index (χ0n) is 27.5. The summed E-state index contributed by atoms with van der Waals surface area (Å²) < 4.78 is 13.5. The van der Waals surface area contributed by atoms with Crippen LogP contribution in [0, 0.1) is 11.5 Å². The van der Waals surface area contributed by atoms with Crippen LogP contribution in [0.15, 0.2) is 78.9 Å². The first-order valence-electron chi connectivity index (χ1n) is 16.4. The van der Waals surface area contributed by atoms with Crippen LogP contribution in [0.2, 0.25) is 0 Å². The van der Waals surface area contributed by atoms with Crippen molar-refractivity contribution in [2.75, 3.05) is 9.80 Å². The summed E-state index contributed by atoms with van der Waals surface area (Å²) in [6.07, 6.45) is 3.20. The van der Waals surface area contributed by atoms with Gasteiger partial charge in [0.15, 0.2) is 23.0 Å². The van der Waals surface area contributed by atoms with Crippen LogP contribution in [0.5, 0.6) is 23.0 Å². The largest absolute Gasteiger partial charge is 0.453 e. The maximum atomic E-state index is 6.74. The second-order valence-electron chi connectivity index (χ2n) is 14.1. The molecule has 0 spiro atoms. The molecule has 3 heterocycles.